The number of rotatable bonds is 6. The minimum absolute atomic E-state index is 0.136. The van der Waals surface area contributed by atoms with Gasteiger partial charge in [0.15, 0.2) is 0 Å². The van der Waals surface area contributed by atoms with E-state index in [1.807, 2.05) is 6.92 Å². The highest BCUT2D eigenvalue weighted by molar-refractivity contribution is 5.75. The van der Waals surface area contributed by atoms with E-state index in [1.54, 1.807) is 24.3 Å². The van der Waals surface area contributed by atoms with E-state index < -0.39 is 0 Å². The fourth-order valence-corrected chi connectivity index (χ4v) is 1.46. The minimum atomic E-state index is 0.136. The van der Waals surface area contributed by atoms with E-state index in [2.05, 4.69) is 9.97 Å². The van der Waals surface area contributed by atoms with E-state index in [0.717, 1.165) is 18.7 Å². The molecule has 1 aromatic heterocycles. The van der Waals surface area contributed by atoms with Gasteiger partial charge in [0, 0.05) is 31.9 Å². The number of aromatic nitrogens is 2. The van der Waals surface area contributed by atoms with Gasteiger partial charge in [-0.2, -0.15) is 0 Å². The summed E-state index contributed by atoms with van der Waals surface area (Å²) in [5, 5.41) is 0. The van der Waals surface area contributed by atoms with E-state index in [1.165, 1.54) is 0 Å². The molecule has 0 radical (unpaired) electrons. The van der Waals surface area contributed by atoms with Gasteiger partial charge in [0.1, 0.15) is 5.82 Å². The van der Waals surface area contributed by atoms with Crippen LogP contribution in [0.15, 0.2) is 12.4 Å². The van der Waals surface area contributed by atoms with Gasteiger partial charge in [-0.1, -0.05) is 0 Å². The number of imidazole rings is 1. The molecule has 0 saturated heterocycles. The predicted molar refractivity (Wildman–Crippen MR) is 62.6 cm³/mol. The second kappa shape index (κ2) is 6.27. The van der Waals surface area contributed by atoms with Crippen molar-refractivity contribution in [3.8, 4) is 0 Å². The molecule has 1 amide bonds. The fraction of sp³-hybridized carbons (Fsp3) is 0.636. The van der Waals surface area contributed by atoms with Crippen molar-refractivity contribution < 1.29 is 4.79 Å². The molecular weight excluding hydrogens is 204 g/mol. The molecule has 0 bridgehead atoms. The Morgan fingerprint density at radius 3 is 3.00 bits per heavy atom. The summed E-state index contributed by atoms with van der Waals surface area (Å²) in [5.74, 6) is 0.945. The van der Waals surface area contributed by atoms with Gasteiger partial charge in [0.2, 0.25) is 5.91 Å². The third-order valence-corrected chi connectivity index (χ3v) is 2.42. The Morgan fingerprint density at radius 1 is 1.69 bits per heavy atom. The number of carbonyl (C=O) groups excluding carboxylic acids is 1. The lowest BCUT2D eigenvalue weighted by molar-refractivity contribution is -0.130. The van der Waals surface area contributed by atoms with Crippen molar-refractivity contribution in [2.75, 3.05) is 7.05 Å². The number of H-pyrrole nitrogens is 1. The highest BCUT2D eigenvalue weighted by Gasteiger charge is 2.10. The fourth-order valence-electron chi connectivity index (χ4n) is 1.46. The topological polar surface area (TPSA) is 75.0 Å². The van der Waals surface area contributed by atoms with Crippen LogP contribution in [-0.2, 0) is 11.3 Å². The van der Waals surface area contributed by atoms with Crippen molar-refractivity contribution in [1.29, 1.82) is 0 Å². The summed E-state index contributed by atoms with van der Waals surface area (Å²) < 4.78 is 0. The van der Waals surface area contributed by atoms with Gasteiger partial charge in [-0.3, -0.25) is 4.79 Å². The third-order valence-electron chi connectivity index (χ3n) is 2.42. The zero-order valence-corrected chi connectivity index (χ0v) is 9.94. The molecule has 90 valence electrons. The molecule has 1 unspecified atom stereocenters. The van der Waals surface area contributed by atoms with Gasteiger partial charge in [0.05, 0.1) is 6.54 Å². The highest BCUT2D eigenvalue weighted by Crippen LogP contribution is 2.04. The number of hydrogen-bond acceptors (Lipinski definition) is 3. The number of aromatic amines is 1. The number of hydrogen-bond donors (Lipinski definition) is 2. The van der Waals surface area contributed by atoms with Gasteiger partial charge in [-0.15, -0.1) is 0 Å². The molecule has 1 atom stereocenters. The van der Waals surface area contributed by atoms with E-state index >= 15 is 0 Å². The summed E-state index contributed by atoms with van der Waals surface area (Å²) in [6.45, 7) is 2.49. The number of carbonyl (C=O) groups is 1. The average Bonchev–Trinajstić information content (AvgIpc) is 2.69. The van der Waals surface area contributed by atoms with Crippen LogP contribution < -0.4 is 5.73 Å². The quantitative estimate of drug-likeness (QED) is 0.753. The van der Waals surface area contributed by atoms with Crippen LogP contribution in [0.25, 0.3) is 0 Å². The van der Waals surface area contributed by atoms with E-state index in [-0.39, 0.29) is 11.9 Å². The van der Waals surface area contributed by atoms with Gasteiger partial charge in [0.25, 0.3) is 0 Å². The lowest BCUT2D eigenvalue weighted by atomic mass is 10.1. The molecule has 0 spiro atoms. The third kappa shape index (κ3) is 4.44. The van der Waals surface area contributed by atoms with Crippen LogP contribution >= 0.6 is 0 Å². The van der Waals surface area contributed by atoms with Crippen molar-refractivity contribution in [2.45, 2.75) is 38.8 Å². The Hall–Kier alpha value is -1.36. The van der Waals surface area contributed by atoms with Gasteiger partial charge < -0.3 is 15.6 Å². The van der Waals surface area contributed by atoms with E-state index in [4.69, 9.17) is 5.73 Å². The Morgan fingerprint density at radius 2 is 2.44 bits per heavy atom. The van der Waals surface area contributed by atoms with E-state index in [0.29, 0.717) is 13.0 Å². The van der Waals surface area contributed by atoms with Crippen LogP contribution in [0, 0.1) is 0 Å². The Kier molecular flexibility index (Phi) is 4.98. The maximum absolute atomic E-state index is 11.7. The average molecular weight is 224 g/mol. The van der Waals surface area contributed by atoms with Crippen LogP contribution in [0.1, 0.15) is 32.0 Å². The zero-order chi connectivity index (χ0) is 12.0. The van der Waals surface area contributed by atoms with Crippen molar-refractivity contribution in [1.82, 2.24) is 14.9 Å². The summed E-state index contributed by atoms with van der Waals surface area (Å²) in [5.41, 5.74) is 5.62. The molecule has 0 fully saturated rings. The summed E-state index contributed by atoms with van der Waals surface area (Å²) >= 11 is 0. The SMILES string of the molecule is CC(N)CCCC(=O)N(C)Cc1ncc[nH]1. The van der Waals surface area contributed by atoms with Crippen molar-refractivity contribution in [3.05, 3.63) is 18.2 Å². The van der Waals surface area contributed by atoms with Crippen molar-refractivity contribution in [2.24, 2.45) is 5.73 Å². The second-order valence-corrected chi connectivity index (χ2v) is 4.16. The maximum Gasteiger partial charge on any atom is 0.222 e. The lowest BCUT2D eigenvalue weighted by Gasteiger charge is -2.15. The van der Waals surface area contributed by atoms with Gasteiger partial charge in [-0.25, -0.2) is 4.98 Å². The molecule has 0 aliphatic carbocycles. The van der Waals surface area contributed by atoms with Gasteiger partial charge in [-0.05, 0) is 19.8 Å². The van der Waals surface area contributed by atoms with Crippen LogP contribution in [0.3, 0.4) is 0 Å². The molecule has 0 saturated carbocycles. The molecule has 1 aromatic rings. The molecule has 0 aliphatic rings. The Bertz CT molecular complexity index is 308. The molecule has 5 nitrogen and oxygen atoms in total. The highest BCUT2D eigenvalue weighted by atomic mass is 16.2. The van der Waals surface area contributed by atoms with Crippen LogP contribution in [0.2, 0.25) is 0 Å². The predicted octanol–water partition coefficient (Wildman–Crippen LogP) is 0.886. The zero-order valence-electron chi connectivity index (χ0n) is 9.94. The molecule has 0 aliphatic heterocycles. The molecule has 16 heavy (non-hydrogen) atoms. The number of amides is 1. The first-order valence-electron chi connectivity index (χ1n) is 5.57. The van der Waals surface area contributed by atoms with Gasteiger partial charge >= 0.3 is 0 Å². The summed E-state index contributed by atoms with van der Waals surface area (Å²) in [6, 6.07) is 0.170. The summed E-state index contributed by atoms with van der Waals surface area (Å²) in [6.07, 6.45) is 5.73. The summed E-state index contributed by atoms with van der Waals surface area (Å²) in [7, 11) is 1.79. The summed E-state index contributed by atoms with van der Waals surface area (Å²) in [4.78, 5) is 20.4. The largest absolute Gasteiger partial charge is 0.347 e. The maximum atomic E-state index is 11.7. The second-order valence-electron chi connectivity index (χ2n) is 4.16. The standard InChI is InChI=1S/C11H20N4O/c1-9(12)4-3-5-11(16)15(2)8-10-13-6-7-14-10/h6-7,9H,3-5,8,12H2,1-2H3,(H,13,14). The molecule has 5 heteroatoms. The van der Waals surface area contributed by atoms with Crippen molar-refractivity contribution >= 4 is 5.91 Å². The first-order chi connectivity index (χ1) is 7.59. The Balaban J connectivity index is 2.25. The smallest absolute Gasteiger partial charge is 0.222 e. The van der Waals surface area contributed by atoms with Crippen LogP contribution in [-0.4, -0.2) is 33.9 Å². The number of nitrogens with one attached hydrogen (secondary N) is 1. The molecular formula is C11H20N4O. The molecule has 1 heterocycles. The molecule has 0 aromatic carbocycles. The number of nitrogens with two attached hydrogens (primary N) is 1. The normalized spacial score (nSPS) is 12.4. The van der Waals surface area contributed by atoms with E-state index in [9.17, 15) is 4.79 Å². The first kappa shape index (κ1) is 12.7. The first-order valence-corrected chi connectivity index (χ1v) is 5.57. The minimum Gasteiger partial charge on any atom is -0.347 e. The molecule has 1 rings (SSSR count). The van der Waals surface area contributed by atoms with Crippen LogP contribution in [0.5, 0.6) is 0 Å². The molecule has 3 N–H and O–H groups in total. The monoisotopic (exact) mass is 224 g/mol. The number of nitrogens with zero attached hydrogens (tertiary/aromatic N) is 2. The Labute approximate surface area is 96.0 Å². The van der Waals surface area contributed by atoms with Crippen LogP contribution in [0.4, 0.5) is 0 Å². The van der Waals surface area contributed by atoms with Crippen molar-refractivity contribution in [3.63, 3.8) is 0 Å². The lowest BCUT2D eigenvalue weighted by Crippen LogP contribution is -2.27.